The van der Waals surface area contributed by atoms with Crippen LogP contribution in [0.3, 0.4) is 0 Å². The van der Waals surface area contributed by atoms with Gasteiger partial charge in [-0.05, 0) is 82.0 Å². The van der Waals surface area contributed by atoms with E-state index in [0.29, 0.717) is 35.7 Å². The lowest BCUT2D eigenvalue weighted by molar-refractivity contribution is -0.274. The van der Waals surface area contributed by atoms with E-state index in [2.05, 4.69) is 4.74 Å². The molecule has 1 heterocycles. The van der Waals surface area contributed by atoms with E-state index in [4.69, 9.17) is 0 Å². The number of hydrogen-bond donors (Lipinski definition) is 1. The number of halogens is 6. The van der Waals surface area contributed by atoms with Gasteiger partial charge in [0, 0.05) is 5.56 Å². The second-order valence-electron chi connectivity index (χ2n) is 10.3. The number of alkyl halides is 6. The molecular weight excluding hydrogens is 520 g/mol. The van der Waals surface area contributed by atoms with Crippen LogP contribution in [0, 0.1) is 0 Å². The Morgan fingerprint density at radius 2 is 1.54 bits per heavy atom. The first-order chi connectivity index (χ1) is 16.9. The first-order valence-corrected chi connectivity index (χ1v) is 12.1. The fraction of sp³-hybridized carbons (Fsp3) is 0.385. The minimum Gasteiger partial charge on any atom is -0.405 e. The zero-order valence-electron chi connectivity index (χ0n) is 20.3. The number of thioether (sulfide) groups is 1. The Bertz CT molecular complexity index is 1320. The summed E-state index contributed by atoms with van der Waals surface area (Å²) < 4.78 is 87.6. The number of imide groups is 1. The van der Waals surface area contributed by atoms with Crippen molar-refractivity contribution >= 4 is 29.0 Å². The number of nitrogens with one attached hydrogen (secondary N) is 1. The summed E-state index contributed by atoms with van der Waals surface area (Å²) >= 11 is 0.500. The molecule has 0 saturated carbocycles. The van der Waals surface area contributed by atoms with Gasteiger partial charge in [0.1, 0.15) is 5.75 Å². The molecule has 11 heteroatoms. The normalized spacial score (nSPS) is 20.1. The molecule has 2 aliphatic rings. The molecule has 1 fully saturated rings. The lowest BCUT2D eigenvalue weighted by Crippen LogP contribution is -2.34. The first kappa shape index (κ1) is 27.1. The monoisotopic (exact) mass is 543 g/mol. The van der Waals surface area contributed by atoms with Crippen molar-refractivity contribution in [3.63, 3.8) is 0 Å². The Morgan fingerprint density at radius 3 is 2.05 bits per heavy atom. The minimum atomic E-state index is -5.19. The highest BCUT2D eigenvalue weighted by Gasteiger charge is 2.43. The summed E-state index contributed by atoms with van der Waals surface area (Å²) in [6.45, 7) is 7.43. The minimum absolute atomic E-state index is 0.132. The van der Waals surface area contributed by atoms with E-state index >= 15 is 0 Å². The maximum atomic E-state index is 14.5. The third kappa shape index (κ3) is 5.37. The third-order valence-electron chi connectivity index (χ3n) is 6.78. The van der Waals surface area contributed by atoms with Crippen molar-refractivity contribution in [3.05, 3.63) is 57.5 Å². The van der Waals surface area contributed by atoms with E-state index in [1.54, 1.807) is 0 Å². The van der Waals surface area contributed by atoms with Crippen LogP contribution in [0.1, 0.15) is 62.8 Å². The molecule has 0 radical (unpaired) electrons. The second kappa shape index (κ2) is 8.82. The molecule has 1 N–H and O–H groups in total. The van der Waals surface area contributed by atoms with Crippen LogP contribution in [0.4, 0.5) is 31.1 Å². The van der Waals surface area contributed by atoms with Crippen molar-refractivity contribution in [2.75, 3.05) is 0 Å². The van der Waals surface area contributed by atoms with Gasteiger partial charge in [-0.2, -0.15) is 13.2 Å². The van der Waals surface area contributed by atoms with Crippen molar-refractivity contribution in [2.45, 2.75) is 63.9 Å². The molecule has 2 aromatic carbocycles. The van der Waals surface area contributed by atoms with Crippen LogP contribution >= 0.6 is 11.8 Å². The van der Waals surface area contributed by atoms with Gasteiger partial charge in [-0.15, -0.1) is 13.2 Å². The van der Waals surface area contributed by atoms with Crippen LogP contribution in [0.15, 0.2) is 35.2 Å². The first-order valence-electron chi connectivity index (χ1n) is 11.3. The van der Waals surface area contributed by atoms with Gasteiger partial charge in [0.25, 0.3) is 11.1 Å². The van der Waals surface area contributed by atoms with E-state index in [1.165, 1.54) is 18.2 Å². The fourth-order valence-corrected chi connectivity index (χ4v) is 5.46. The molecule has 37 heavy (non-hydrogen) atoms. The Kier molecular flexibility index (Phi) is 6.46. The van der Waals surface area contributed by atoms with E-state index in [-0.39, 0.29) is 10.5 Å². The van der Waals surface area contributed by atoms with E-state index < -0.39 is 57.0 Å². The van der Waals surface area contributed by atoms with Crippen LogP contribution in [-0.4, -0.2) is 17.5 Å². The predicted octanol–water partition coefficient (Wildman–Crippen LogP) is 7.94. The molecule has 1 aliphatic heterocycles. The molecule has 4 rings (SSSR count). The van der Waals surface area contributed by atoms with Gasteiger partial charge in [-0.1, -0.05) is 39.8 Å². The summed E-state index contributed by atoms with van der Waals surface area (Å²) in [6, 6.07) is 5.69. The van der Waals surface area contributed by atoms with Gasteiger partial charge in [-0.25, -0.2) is 0 Å². The summed E-state index contributed by atoms with van der Waals surface area (Å²) in [7, 11) is 0. The van der Waals surface area contributed by atoms with Crippen LogP contribution in [0.5, 0.6) is 5.75 Å². The maximum absolute atomic E-state index is 14.5. The maximum Gasteiger partial charge on any atom is 0.573 e. The van der Waals surface area contributed by atoms with Crippen LogP contribution < -0.4 is 10.1 Å². The quantitative estimate of drug-likeness (QED) is 0.315. The topological polar surface area (TPSA) is 55.4 Å². The van der Waals surface area contributed by atoms with Crippen LogP contribution in [0.25, 0.3) is 17.2 Å². The van der Waals surface area contributed by atoms with Gasteiger partial charge < -0.3 is 4.74 Å². The van der Waals surface area contributed by atoms with E-state index in [0.717, 1.165) is 18.2 Å². The Hall–Kier alpha value is -2.95. The van der Waals surface area contributed by atoms with E-state index in [9.17, 15) is 35.9 Å². The molecule has 1 aliphatic carbocycles. The SMILES string of the molecule is CC1(C)CCC(C)(C)c2cc(C(F)(F)F)c(-c3c(/C=C4/SC(=O)NC4=O)cccc3OC(F)(F)F)cc21. The number of fused-ring (bicyclic) bond motifs is 1. The molecule has 1 saturated heterocycles. The Morgan fingerprint density at radius 1 is 0.946 bits per heavy atom. The van der Waals surface area contributed by atoms with Crippen molar-refractivity contribution < 1.29 is 40.7 Å². The van der Waals surface area contributed by atoms with Gasteiger partial charge in [-0.3, -0.25) is 14.9 Å². The second-order valence-corrected chi connectivity index (χ2v) is 11.3. The number of benzene rings is 2. The van der Waals surface area contributed by atoms with Gasteiger partial charge in [0.2, 0.25) is 0 Å². The molecule has 2 amide bonds. The molecule has 0 aromatic heterocycles. The highest BCUT2D eigenvalue weighted by molar-refractivity contribution is 8.18. The standard InChI is InChI=1S/C26H23F6NO3S/c1-23(2)8-9-24(3,4)17-12-15(25(27,28)29)14(11-16(17)23)20-13(10-19-21(34)33-22(35)37-19)6-5-7-18(20)36-26(30,31)32/h5-7,10-12H,8-9H2,1-4H3,(H,33,34,35)/b19-10+. The average Bonchev–Trinajstić information content (AvgIpc) is 3.06. The largest absolute Gasteiger partial charge is 0.573 e. The Balaban J connectivity index is 2.09. The molecule has 0 atom stereocenters. The summed E-state index contributed by atoms with van der Waals surface area (Å²) in [4.78, 5) is 23.6. The number of amides is 2. The molecule has 198 valence electrons. The molecule has 4 nitrogen and oxygen atoms in total. The lowest BCUT2D eigenvalue weighted by atomic mass is 9.62. The van der Waals surface area contributed by atoms with Crippen molar-refractivity contribution in [1.82, 2.24) is 5.32 Å². The highest BCUT2D eigenvalue weighted by Crippen LogP contribution is 2.52. The number of carbonyl (C=O) groups is 2. The number of hydrogen-bond acceptors (Lipinski definition) is 4. The summed E-state index contributed by atoms with van der Waals surface area (Å²) in [5.41, 5.74) is -2.29. The number of carbonyl (C=O) groups excluding carboxylic acids is 2. The summed E-state index contributed by atoms with van der Waals surface area (Å²) in [6.07, 6.45) is -7.71. The zero-order chi connectivity index (χ0) is 27.6. The predicted molar refractivity (Wildman–Crippen MR) is 128 cm³/mol. The Labute approximate surface area is 213 Å². The van der Waals surface area contributed by atoms with Gasteiger partial charge >= 0.3 is 12.5 Å². The van der Waals surface area contributed by atoms with E-state index in [1.807, 2.05) is 33.0 Å². The highest BCUT2D eigenvalue weighted by atomic mass is 32.2. The summed E-state index contributed by atoms with van der Waals surface area (Å²) in [5.74, 6) is -1.65. The van der Waals surface area contributed by atoms with Crippen LogP contribution in [-0.2, 0) is 21.8 Å². The van der Waals surface area contributed by atoms with Crippen molar-refractivity contribution in [3.8, 4) is 16.9 Å². The lowest BCUT2D eigenvalue weighted by Gasteiger charge is -2.42. The van der Waals surface area contributed by atoms with Crippen LogP contribution in [0.2, 0.25) is 0 Å². The number of rotatable bonds is 3. The number of ether oxygens (including phenoxy) is 1. The summed E-state index contributed by atoms with van der Waals surface area (Å²) in [5, 5.41) is 1.32. The molecule has 0 bridgehead atoms. The molecular formula is C26H23F6NO3S. The van der Waals surface area contributed by atoms with Crippen molar-refractivity contribution in [1.29, 1.82) is 0 Å². The van der Waals surface area contributed by atoms with Crippen molar-refractivity contribution in [2.24, 2.45) is 0 Å². The fourth-order valence-electron chi connectivity index (χ4n) is 4.78. The molecule has 0 unspecified atom stereocenters. The third-order valence-corrected chi connectivity index (χ3v) is 7.59. The zero-order valence-corrected chi connectivity index (χ0v) is 21.1. The smallest absolute Gasteiger partial charge is 0.405 e. The van der Waals surface area contributed by atoms with Gasteiger partial charge in [0.15, 0.2) is 0 Å². The molecule has 2 aromatic rings. The average molecular weight is 544 g/mol. The van der Waals surface area contributed by atoms with Gasteiger partial charge in [0.05, 0.1) is 10.5 Å². The molecule has 0 spiro atoms.